The highest BCUT2D eigenvalue weighted by Crippen LogP contribution is 2.21. The second-order valence-corrected chi connectivity index (χ2v) is 4.80. The smallest absolute Gasteiger partial charge is 0.321 e. The molecule has 0 radical (unpaired) electrons. The average molecular weight is 272 g/mol. The summed E-state index contributed by atoms with van der Waals surface area (Å²) in [5.74, 6) is 0.532. The van der Waals surface area contributed by atoms with E-state index in [0.717, 1.165) is 17.7 Å². The Morgan fingerprint density at radius 2 is 2.05 bits per heavy atom. The second-order valence-electron chi connectivity index (χ2n) is 4.80. The van der Waals surface area contributed by atoms with E-state index < -0.39 is 0 Å². The fourth-order valence-corrected chi connectivity index (χ4v) is 1.87. The standard InChI is InChI=1S/C15H20N4O/c1-4-11(2)17-15(20)18-14-16-10-13(19(14)3)12-8-6-5-7-9-12/h5-11H,4H2,1-3H3,(H2,16,17,18,20)/t11-/m1/s1. The van der Waals surface area contributed by atoms with E-state index in [0.29, 0.717) is 5.95 Å². The molecule has 0 saturated carbocycles. The largest absolute Gasteiger partial charge is 0.335 e. The molecule has 1 atom stereocenters. The Morgan fingerprint density at radius 3 is 2.70 bits per heavy atom. The van der Waals surface area contributed by atoms with Crippen LogP contribution >= 0.6 is 0 Å². The fraction of sp³-hybridized carbons (Fsp3) is 0.333. The van der Waals surface area contributed by atoms with Crippen molar-refractivity contribution >= 4 is 12.0 Å². The lowest BCUT2D eigenvalue weighted by Gasteiger charge is -2.12. The summed E-state index contributed by atoms with van der Waals surface area (Å²) >= 11 is 0. The Hall–Kier alpha value is -2.30. The van der Waals surface area contributed by atoms with Crippen LogP contribution in [0.4, 0.5) is 10.7 Å². The van der Waals surface area contributed by atoms with Crippen molar-refractivity contribution in [3.05, 3.63) is 36.5 Å². The van der Waals surface area contributed by atoms with E-state index in [-0.39, 0.29) is 12.1 Å². The zero-order valence-electron chi connectivity index (χ0n) is 12.1. The number of imidazole rings is 1. The summed E-state index contributed by atoms with van der Waals surface area (Å²) in [6, 6.07) is 9.87. The quantitative estimate of drug-likeness (QED) is 0.898. The van der Waals surface area contributed by atoms with Gasteiger partial charge in [0.2, 0.25) is 5.95 Å². The van der Waals surface area contributed by atoms with Gasteiger partial charge < -0.3 is 9.88 Å². The Morgan fingerprint density at radius 1 is 1.35 bits per heavy atom. The Bertz CT molecular complexity index is 577. The molecule has 2 aromatic rings. The van der Waals surface area contributed by atoms with Crippen molar-refractivity contribution in [2.24, 2.45) is 7.05 Å². The first kappa shape index (κ1) is 14.1. The lowest BCUT2D eigenvalue weighted by molar-refractivity contribution is 0.248. The van der Waals surface area contributed by atoms with Crippen molar-refractivity contribution in [1.82, 2.24) is 14.9 Å². The molecular formula is C15H20N4O. The number of hydrogen-bond acceptors (Lipinski definition) is 2. The van der Waals surface area contributed by atoms with Crippen LogP contribution in [0.3, 0.4) is 0 Å². The zero-order valence-corrected chi connectivity index (χ0v) is 12.1. The van der Waals surface area contributed by atoms with Crippen LogP contribution in [-0.2, 0) is 7.05 Å². The molecule has 1 heterocycles. The SMILES string of the molecule is CC[C@@H](C)NC(=O)Nc1ncc(-c2ccccc2)n1C. The first-order valence-electron chi connectivity index (χ1n) is 6.76. The molecule has 5 heteroatoms. The highest BCUT2D eigenvalue weighted by Gasteiger charge is 2.11. The summed E-state index contributed by atoms with van der Waals surface area (Å²) in [6.45, 7) is 3.99. The number of urea groups is 1. The molecule has 0 bridgehead atoms. The van der Waals surface area contributed by atoms with Crippen LogP contribution in [0.25, 0.3) is 11.3 Å². The van der Waals surface area contributed by atoms with Gasteiger partial charge in [0.25, 0.3) is 0 Å². The van der Waals surface area contributed by atoms with E-state index >= 15 is 0 Å². The van der Waals surface area contributed by atoms with Crippen LogP contribution < -0.4 is 10.6 Å². The van der Waals surface area contributed by atoms with Gasteiger partial charge in [-0.15, -0.1) is 0 Å². The van der Waals surface area contributed by atoms with Crippen LogP contribution in [0, 0.1) is 0 Å². The van der Waals surface area contributed by atoms with E-state index in [1.165, 1.54) is 0 Å². The van der Waals surface area contributed by atoms with Gasteiger partial charge in [0.1, 0.15) is 0 Å². The molecule has 20 heavy (non-hydrogen) atoms. The van der Waals surface area contributed by atoms with E-state index in [1.54, 1.807) is 6.20 Å². The topological polar surface area (TPSA) is 59.0 Å². The van der Waals surface area contributed by atoms with Gasteiger partial charge in [0.05, 0.1) is 11.9 Å². The van der Waals surface area contributed by atoms with Crippen LogP contribution in [0.1, 0.15) is 20.3 Å². The second kappa shape index (κ2) is 6.23. The average Bonchev–Trinajstić information content (AvgIpc) is 2.81. The van der Waals surface area contributed by atoms with E-state index in [2.05, 4.69) is 15.6 Å². The third-order valence-corrected chi connectivity index (χ3v) is 3.27. The van der Waals surface area contributed by atoms with E-state index in [4.69, 9.17) is 0 Å². The molecule has 0 aliphatic carbocycles. The van der Waals surface area contributed by atoms with Crippen LogP contribution in [-0.4, -0.2) is 21.6 Å². The van der Waals surface area contributed by atoms with Crippen molar-refractivity contribution in [3.8, 4) is 11.3 Å². The number of amides is 2. The van der Waals surface area contributed by atoms with Crippen molar-refractivity contribution < 1.29 is 4.79 Å². The highest BCUT2D eigenvalue weighted by molar-refractivity contribution is 5.88. The highest BCUT2D eigenvalue weighted by atomic mass is 16.2. The number of carbonyl (C=O) groups is 1. The molecular weight excluding hydrogens is 252 g/mol. The van der Waals surface area contributed by atoms with Crippen molar-refractivity contribution in [2.45, 2.75) is 26.3 Å². The van der Waals surface area contributed by atoms with Gasteiger partial charge >= 0.3 is 6.03 Å². The lowest BCUT2D eigenvalue weighted by atomic mass is 10.2. The Kier molecular flexibility index (Phi) is 4.40. The summed E-state index contributed by atoms with van der Waals surface area (Å²) in [5, 5.41) is 5.62. The molecule has 1 aromatic heterocycles. The van der Waals surface area contributed by atoms with Gasteiger partial charge in [-0.25, -0.2) is 9.78 Å². The molecule has 0 aliphatic heterocycles. The first-order chi connectivity index (χ1) is 9.61. The number of nitrogens with one attached hydrogen (secondary N) is 2. The van der Waals surface area contributed by atoms with Crippen LogP contribution in [0.15, 0.2) is 36.5 Å². The van der Waals surface area contributed by atoms with Crippen molar-refractivity contribution in [3.63, 3.8) is 0 Å². The van der Waals surface area contributed by atoms with E-state index in [9.17, 15) is 4.79 Å². The number of hydrogen-bond donors (Lipinski definition) is 2. The predicted octanol–water partition coefficient (Wildman–Crippen LogP) is 3.01. The molecule has 1 aromatic carbocycles. The number of benzene rings is 1. The minimum atomic E-state index is -0.229. The molecule has 0 unspecified atom stereocenters. The van der Waals surface area contributed by atoms with Gasteiger partial charge in [-0.2, -0.15) is 0 Å². The molecule has 2 N–H and O–H groups in total. The van der Waals surface area contributed by atoms with Gasteiger partial charge in [-0.1, -0.05) is 37.3 Å². The zero-order chi connectivity index (χ0) is 14.5. The predicted molar refractivity (Wildman–Crippen MR) is 80.6 cm³/mol. The summed E-state index contributed by atoms with van der Waals surface area (Å²) in [7, 11) is 1.88. The number of rotatable bonds is 4. The maximum Gasteiger partial charge on any atom is 0.321 e. The Balaban J connectivity index is 2.12. The molecule has 0 saturated heterocycles. The third-order valence-electron chi connectivity index (χ3n) is 3.27. The first-order valence-corrected chi connectivity index (χ1v) is 6.76. The minimum Gasteiger partial charge on any atom is -0.335 e. The van der Waals surface area contributed by atoms with Gasteiger partial charge in [0.15, 0.2) is 0 Å². The number of anilines is 1. The molecule has 0 aliphatic rings. The lowest BCUT2D eigenvalue weighted by Crippen LogP contribution is -2.36. The molecule has 5 nitrogen and oxygen atoms in total. The Labute approximate surface area is 119 Å². The molecule has 0 fully saturated rings. The third kappa shape index (κ3) is 3.17. The van der Waals surface area contributed by atoms with Gasteiger partial charge in [0, 0.05) is 13.1 Å². The molecule has 2 rings (SSSR count). The molecule has 106 valence electrons. The van der Waals surface area contributed by atoms with E-state index in [1.807, 2.05) is 55.8 Å². The summed E-state index contributed by atoms with van der Waals surface area (Å²) < 4.78 is 1.87. The monoisotopic (exact) mass is 272 g/mol. The van der Waals surface area contributed by atoms with Crippen LogP contribution in [0.5, 0.6) is 0 Å². The van der Waals surface area contributed by atoms with Crippen molar-refractivity contribution in [2.75, 3.05) is 5.32 Å². The maximum absolute atomic E-state index is 11.8. The maximum atomic E-state index is 11.8. The van der Waals surface area contributed by atoms with Crippen molar-refractivity contribution in [1.29, 1.82) is 0 Å². The summed E-state index contributed by atoms with van der Waals surface area (Å²) in [5.41, 5.74) is 2.03. The fourth-order valence-electron chi connectivity index (χ4n) is 1.87. The number of aromatic nitrogens is 2. The number of carbonyl (C=O) groups excluding carboxylic acids is 1. The minimum absolute atomic E-state index is 0.142. The molecule has 2 amide bonds. The van der Waals surface area contributed by atoms with Crippen LogP contribution in [0.2, 0.25) is 0 Å². The summed E-state index contributed by atoms with van der Waals surface area (Å²) in [6.07, 6.45) is 2.65. The summed E-state index contributed by atoms with van der Waals surface area (Å²) in [4.78, 5) is 16.1. The normalized spacial score (nSPS) is 11.9. The molecule has 0 spiro atoms. The van der Waals surface area contributed by atoms with Gasteiger partial charge in [-0.3, -0.25) is 5.32 Å². The number of nitrogens with zero attached hydrogens (tertiary/aromatic N) is 2. The van der Waals surface area contributed by atoms with Gasteiger partial charge in [-0.05, 0) is 18.9 Å².